The van der Waals surface area contributed by atoms with Crippen molar-refractivity contribution in [2.24, 2.45) is 5.73 Å². The lowest BCUT2D eigenvalue weighted by Crippen LogP contribution is -2.41. The number of nitrogens with zero attached hydrogens (tertiary/aromatic N) is 1. The van der Waals surface area contributed by atoms with E-state index in [4.69, 9.17) is 11.1 Å². The summed E-state index contributed by atoms with van der Waals surface area (Å²) in [6.07, 6.45) is 0. The van der Waals surface area contributed by atoms with Crippen LogP contribution in [0.2, 0.25) is 0 Å². The normalized spacial score (nSPS) is 8.56. The maximum Gasteiger partial charge on any atom is 0.188 e. The van der Waals surface area contributed by atoms with Gasteiger partial charge in [0.25, 0.3) is 0 Å². The van der Waals surface area contributed by atoms with Crippen molar-refractivity contribution in [1.82, 2.24) is 4.90 Å². The largest absolute Gasteiger partial charge is 0.548 e. The molecular weight excluding hydrogens is 122 g/mol. The summed E-state index contributed by atoms with van der Waals surface area (Å²) >= 11 is 0. The number of hydrogen-bond acceptors (Lipinski definition) is 3. The van der Waals surface area contributed by atoms with Crippen molar-refractivity contribution in [2.75, 3.05) is 13.6 Å². The molecule has 0 aromatic rings. The number of nitrogens with one attached hydrogen (secondary N) is 1. The molecule has 0 aromatic heterocycles. The summed E-state index contributed by atoms with van der Waals surface area (Å²) in [6, 6.07) is 0. The Hall–Kier alpha value is -1.26. The minimum Gasteiger partial charge on any atom is -0.548 e. The Morgan fingerprint density at radius 1 is 1.89 bits per heavy atom. The molecule has 0 aliphatic carbocycles. The van der Waals surface area contributed by atoms with Gasteiger partial charge >= 0.3 is 0 Å². The van der Waals surface area contributed by atoms with Crippen molar-refractivity contribution in [3.63, 3.8) is 0 Å². The molecule has 9 heavy (non-hydrogen) atoms. The monoisotopic (exact) mass is 130 g/mol. The summed E-state index contributed by atoms with van der Waals surface area (Å²) in [5, 5.41) is 16.5. The van der Waals surface area contributed by atoms with Crippen LogP contribution in [0.1, 0.15) is 0 Å². The molecule has 3 N–H and O–H groups in total. The predicted molar refractivity (Wildman–Crippen MR) is 29.6 cm³/mol. The summed E-state index contributed by atoms with van der Waals surface area (Å²) < 4.78 is 0. The minimum atomic E-state index is -1.24. The van der Waals surface area contributed by atoms with Crippen molar-refractivity contribution in [3.8, 4) is 0 Å². The quantitative estimate of drug-likeness (QED) is 0.321. The van der Waals surface area contributed by atoms with Gasteiger partial charge in [0.15, 0.2) is 5.96 Å². The lowest BCUT2D eigenvalue weighted by atomic mass is 10.6. The van der Waals surface area contributed by atoms with Crippen LogP contribution in [0.4, 0.5) is 0 Å². The first-order chi connectivity index (χ1) is 4.04. The van der Waals surface area contributed by atoms with Gasteiger partial charge < -0.3 is 20.5 Å². The molecule has 0 aliphatic rings. The minimum absolute atomic E-state index is 0.279. The van der Waals surface area contributed by atoms with Gasteiger partial charge in [0, 0.05) is 7.05 Å². The first-order valence-corrected chi connectivity index (χ1v) is 2.29. The van der Waals surface area contributed by atoms with Gasteiger partial charge in [-0.25, -0.2) is 0 Å². The first kappa shape index (κ1) is 7.74. The van der Waals surface area contributed by atoms with Gasteiger partial charge in [-0.2, -0.15) is 0 Å². The molecule has 0 aliphatic heterocycles. The second-order valence-electron chi connectivity index (χ2n) is 1.61. The second-order valence-corrected chi connectivity index (χ2v) is 1.61. The first-order valence-electron chi connectivity index (χ1n) is 2.29. The number of carbonyl (C=O) groups excluding carboxylic acids is 1. The highest BCUT2D eigenvalue weighted by molar-refractivity contribution is 5.79. The summed E-state index contributed by atoms with van der Waals surface area (Å²) in [5.74, 6) is -1.52. The zero-order valence-corrected chi connectivity index (χ0v) is 5.05. The lowest BCUT2D eigenvalue weighted by Gasteiger charge is -2.16. The van der Waals surface area contributed by atoms with Gasteiger partial charge in [-0.1, -0.05) is 0 Å². The fourth-order valence-electron chi connectivity index (χ4n) is 0.279. The van der Waals surface area contributed by atoms with E-state index < -0.39 is 5.97 Å². The number of carbonyl (C=O) groups is 1. The maximum atomic E-state index is 9.81. The summed E-state index contributed by atoms with van der Waals surface area (Å²) in [5.41, 5.74) is 4.90. The fourth-order valence-corrected chi connectivity index (χ4v) is 0.279. The van der Waals surface area contributed by atoms with E-state index in [2.05, 4.69) is 0 Å². The van der Waals surface area contributed by atoms with E-state index >= 15 is 0 Å². The van der Waals surface area contributed by atoms with Crippen molar-refractivity contribution in [2.45, 2.75) is 0 Å². The van der Waals surface area contributed by atoms with Crippen molar-refractivity contribution < 1.29 is 9.90 Å². The highest BCUT2D eigenvalue weighted by Crippen LogP contribution is 1.74. The molecule has 0 heterocycles. The summed E-state index contributed by atoms with van der Waals surface area (Å²) in [6.45, 7) is -0.338. The Morgan fingerprint density at radius 2 is 2.33 bits per heavy atom. The van der Waals surface area contributed by atoms with Gasteiger partial charge in [0.05, 0.1) is 12.5 Å². The number of rotatable bonds is 2. The average molecular weight is 130 g/mol. The zero-order chi connectivity index (χ0) is 7.44. The predicted octanol–water partition coefficient (Wildman–Crippen LogP) is -2.44. The van der Waals surface area contributed by atoms with E-state index in [-0.39, 0.29) is 12.5 Å². The molecule has 5 heteroatoms. The fraction of sp³-hybridized carbons (Fsp3) is 0.500. The molecule has 0 fully saturated rings. The van der Waals surface area contributed by atoms with Gasteiger partial charge in [-0.15, -0.1) is 0 Å². The van der Waals surface area contributed by atoms with Crippen molar-refractivity contribution in [1.29, 1.82) is 5.41 Å². The summed E-state index contributed by atoms with van der Waals surface area (Å²) in [4.78, 5) is 10.9. The Bertz CT molecular complexity index is 134. The van der Waals surface area contributed by atoms with Crippen LogP contribution >= 0.6 is 0 Å². The van der Waals surface area contributed by atoms with Crippen LogP contribution < -0.4 is 10.8 Å². The lowest BCUT2D eigenvalue weighted by molar-refractivity contribution is -0.305. The van der Waals surface area contributed by atoms with Crippen LogP contribution in [0.5, 0.6) is 0 Å². The van der Waals surface area contributed by atoms with Crippen LogP contribution in [0.15, 0.2) is 0 Å². The van der Waals surface area contributed by atoms with Crippen LogP contribution in [0, 0.1) is 5.41 Å². The van der Waals surface area contributed by atoms with Gasteiger partial charge in [0.2, 0.25) is 0 Å². The van der Waals surface area contributed by atoms with Crippen LogP contribution in [-0.4, -0.2) is 30.4 Å². The third-order valence-electron chi connectivity index (χ3n) is 0.778. The molecule has 0 bridgehead atoms. The van der Waals surface area contributed by atoms with Crippen LogP contribution in [0.25, 0.3) is 0 Å². The van der Waals surface area contributed by atoms with Gasteiger partial charge in [0.1, 0.15) is 0 Å². The van der Waals surface area contributed by atoms with E-state index in [1.54, 1.807) is 0 Å². The molecule has 0 atom stereocenters. The molecule has 0 unspecified atom stereocenters. The van der Waals surface area contributed by atoms with Crippen LogP contribution in [-0.2, 0) is 4.79 Å². The van der Waals surface area contributed by atoms with E-state index in [0.29, 0.717) is 0 Å². The number of nitrogens with two attached hydrogens (primary N) is 1. The Balaban J connectivity index is 3.63. The number of likely N-dealkylation sites (N-methyl/N-ethyl adjacent to an activating group) is 1. The van der Waals surface area contributed by atoms with E-state index in [1.807, 2.05) is 0 Å². The van der Waals surface area contributed by atoms with Crippen LogP contribution in [0.3, 0.4) is 0 Å². The maximum absolute atomic E-state index is 9.81. The van der Waals surface area contributed by atoms with Gasteiger partial charge in [-0.05, 0) is 0 Å². The van der Waals surface area contributed by atoms with Crippen molar-refractivity contribution in [3.05, 3.63) is 0 Å². The summed E-state index contributed by atoms with van der Waals surface area (Å²) in [7, 11) is 1.40. The molecule has 0 rings (SSSR count). The zero-order valence-electron chi connectivity index (χ0n) is 5.05. The third-order valence-corrected chi connectivity index (χ3v) is 0.778. The SMILES string of the molecule is CN(CC(=O)[O-])C(=N)N. The molecule has 0 aromatic carbocycles. The Morgan fingerprint density at radius 3 is 2.44 bits per heavy atom. The number of hydrogen-bond donors (Lipinski definition) is 2. The number of carboxylic acid groups (broad SMARTS) is 1. The van der Waals surface area contributed by atoms with E-state index in [0.717, 1.165) is 4.90 Å². The molecular formula is C4H8N3O2-. The average Bonchev–Trinajstić information content (AvgIpc) is 1.63. The highest BCUT2D eigenvalue weighted by Gasteiger charge is 1.96. The molecule has 0 radical (unpaired) electrons. The van der Waals surface area contributed by atoms with E-state index in [9.17, 15) is 9.90 Å². The molecule has 0 spiro atoms. The molecule has 0 saturated carbocycles. The number of aliphatic carboxylic acids is 1. The Kier molecular flexibility index (Phi) is 2.50. The van der Waals surface area contributed by atoms with Crippen molar-refractivity contribution >= 4 is 11.9 Å². The van der Waals surface area contributed by atoms with Gasteiger partial charge in [-0.3, -0.25) is 5.41 Å². The molecule has 5 nitrogen and oxygen atoms in total. The second kappa shape index (κ2) is 2.91. The number of carboxylic acids is 1. The number of guanidine groups is 1. The highest BCUT2D eigenvalue weighted by atomic mass is 16.4. The third kappa shape index (κ3) is 3.33. The topological polar surface area (TPSA) is 93.2 Å². The molecule has 0 amide bonds. The smallest absolute Gasteiger partial charge is 0.188 e. The standard InChI is InChI=1S/C4H9N3O2/c1-7(4(5)6)2-3(8)9/h2H2,1H3,(H3,5,6)(H,8,9)/p-1. The Labute approximate surface area is 52.6 Å². The molecule has 52 valence electrons. The molecule has 0 saturated heterocycles. The van der Waals surface area contributed by atoms with E-state index in [1.165, 1.54) is 7.05 Å².